The molecule has 0 aromatic heterocycles. The highest BCUT2D eigenvalue weighted by Crippen LogP contribution is 2.06. The van der Waals surface area contributed by atoms with E-state index < -0.39 is 0 Å². The molecule has 0 spiro atoms. The normalized spacial score (nSPS) is 10.0. The Morgan fingerprint density at radius 2 is 2.00 bits per heavy atom. The van der Waals surface area contributed by atoms with E-state index in [-0.39, 0.29) is 19.2 Å². The van der Waals surface area contributed by atoms with Crippen LogP contribution in [0, 0.1) is 6.92 Å². The molecular formula is C12H16O3. The van der Waals surface area contributed by atoms with E-state index >= 15 is 0 Å². The molecule has 0 fully saturated rings. The molecule has 0 saturated heterocycles. The van der Waals surface area contributed by atoms with Crippen LogP contribution in [-0.4, -0.2) is 24.3 Å². The fourth-order valence-corrected chi connectivity index (χ4v) is 1.23. The maximum absolute atomic E-state index is 11.1. The number of aliphatic hydroxyl groups excluding tert-OH is 1. The van der Waals surface area contributed by atoms with Gasteiger partial charge in [0.2, 0.25) is 0 Å². The number of benzene rings is 1. The van der Waals surface area contributed by atoms with Crippen molar-refractivity contribution >= 4 is 5.97 Å². The molecule has 0 bridgehead atoms. The van der Waals surface area contributed by atoms with Gasteiger partial charge in [-0.1, -0.05) is 29.8 Å². The van der Waals surface area contributed by atoms with Gasteiger partial charge in [-0.25, -0.2) is 0 Å². The molecule has 1 aromatic carbocycles. The lowest BCUT2D eigenvalue weighted by molar-refractivity contribution is -0.144. The number of hydrogen-bond donors (Lipinski definition) is 1. The van der Waals surface area contributed by atoms with Crippen molar-refractivity contribution in [2.45, 2.75) is 19.8 Å². The summed E-state index contributed by atoms with van der Waals surface area (Å²) in [4.78, 5) is 11.1. The molecule has 3 nitrogen and oxygen atoms in total. The number of aliphatic hydroxyl groups is 1. The summed E-state index contributed by atoms with van der Waals surface area (Å²) >= 11 is 0. The van der Waals surface area contributed by atoms with Crippen LogP contribution < -0.4 is 0 Å². The molecule has 1 rings (SSSR count). The van der Waals surface area contributed by atoms with Crippen LogP contribution in [0.4, 0.5) is 0 Å². The first-order chi connectivity index (χ1) is 7.22. The van der Waals surface area contributed by atoms with E-state index in [1.54, 1.807) is 0 Å². The predicted octanol–water partition coefficient (Wildman–Crippen LogP) is 1.46. The molecule has 0 radical (unpaired) electrons. The van der Waals surface area contributed by atoms with Crippen LogP contribution in [-0.2, 0) is 16.0 Å². The molecule has 0 aliphatic rings. The minimum atomic E-state index is -0.260. The quantitative estimate of drug-likeness (QED) is 0.745. The van der Waals surface area contributed by atoms with Crippen molar-refractivity contribution in [3.63, 3.8) is 0 Å². The smallest absolute Gasteiger partial charge is 0.306 e. The van der Waals surface area contributed by atoms with Crippen LogP contribution in [0.15, 0.2) is 24.3 Å². The number of esters is 1. The highest BCUT2D eigenvalue weighted by Gasteiger charge is 2.02. The number of rotatable bonds is 5. The highest BCUT2D eigenvalue weighted by atomic mass is 16.5. The van der Waals surface area contributed by atoms with Gasteiger partial charge in [0.25, 0.3) is 0 Å². The minimum absolute atomic E-state index is 0.0900. The van der Waals surface area contributed by atoms with E-state index in [0.29, 0.717) is 12.8 Å². The number of carbonyl (C=O) groups excluding carboxylic acids is 1. The zero-order valence-electron chi connectivity index (χ0n) is 8.90. The molecule has 1 N–H and O–H groups in total. The summed E-state index contributed by atoms with van der Waals surface area (Å²) in [6, 6.07) is 8.06. The van der Waals surface area contributed by atoms with E-state index in [0.717, 1.165) is 5.56 Å². The first-order valence-corrected chi connectivity index (χ1v) is 5.04. The molecule has 0 heterocycles. The zero-order chi connectivity index (χ0) is 11.1. The average Bonchev–Trinajstić information content (AvgIpc) is 2.25. The van der Waals surface area contributed by atoms with Gasteiger partial charge in [-0.3, -0.25) is 4.79 Å². The molecule has 15 heavy (non-hydrogen) atoms. The molecule has 0 aliphatic heterocycles. The van der Waals surface area contributed by atoms with E-state index in [1.807, 2.05) is 31.2 Å². The van der Waals surface area contributed by atoms with Crippen molar-refractivity contribution in [2.75, 3.05) is 13.2 Å². The largest absolute Gasteiger partial charge is 0.463 e. The Hall–Kier alpha value is -1.35. The molecule has 0 saturated carbocycles. The monoisotopic (exact) mass is 208 g/mol. The van der Waals surface area contributed by atoms with Crippen molar-refractivity contribution in [1.29, 1.82) is 0 Å². The summed E-state index contributed by atoms with van der Waals surface area (Å²) in [6.07, 6.45) is 1.05. The first kappa shape index (κ1) is 11.7. The Labute approximate surface area is 89.7 Å². The summed E-state index contributed by atoms with van der Waals surface area (Å²) < 4.78 is 4.75. The van der Waals surface area contributed by atoms with E-state index in [4.69, 9.17) is 9.84 Å². The summed E-state index contributed by atoms with van der Waals surface area (Å²) in [5.74, 6) is -0.260. The molecule has 3 heteroatoms. The number of carbonyl (C=O) groups is 1. The number of ether oxygens (including phenoxy) is 1. The number of aryl methyl sites for hydroxylation is 2. The minimum Gasteiger partial charge on any atom is -0.463 e. The van der Waals surface area contributed by atoms with Gasteiger partial charge in [0.05, 0.1) is 6.61 Å². The van der Waals surface area contributed by atoms with E-state index in [1.165, 1.54) is 5.56 Å². The maximum atomic E-state index is 11.1. The second-order valence-corrected chi connectivity index (χ2v) is 3.43. The summed E-state index contributed by atoms with van der Waals surface area (Å²) in [6.45, 7) is 2.00. The lowest BCUT2D eigenvalue weighted by Gasteiger charge is -2.03. The fourth-order valence-electron chi connectivity index (χ4n) is 1.23. The van der Waals surface area contributed by atoms with Crippen molar-refractivity contribution in [2.24, 2.45) is 0 Å². The molecule has 0 unspecified atom stereocenters. The van der Waals surface area contributed by atoms with Gasteiger partial charge in [-0.05, 0) is 18.9 Å². The van der Waals surface area contributed by atoms with Gasteiger partial charge >= 0.3 is 5.97 Å². The van der Waals surface area contributed by atoms with Crippen LogP contribution in [0.1, 0.15) is 17.5 Å². The van der Waals surface area contributed by atoms with Crippen LogP contribution >= 0.6 is 0 Å². The third-order valence-electron chi connectivity index (χ3n) is 2.09. The van der Waals surface area contributed by atoms with Gasteiger partial charge in [-0.15, -0.1) is 0 Å². The Morgan fingerprint density at radius 1 is 1.33 bits per heavy atom. The average molecular weight is 208 g/mol. The third kappa shape index (κ3) is 4.61. The van der Waals surface area contributed by atoms with Gasteiger partial charge in [-0.2, -0.15) is 0 Å². The van der Waals surface area contributed by atoms with E-state index in [9.17, 15) is 4.79 Å². The van der Waals surface area contributed by atoms with Crippen molar-refractivity contribution < 1.29 is 14.6 Å². The molecule has 82 valence electrons. The van der Waals surface area contributed by atoms with Crippen molar-refractivity contribution in [3.05, 3.63) is 35.4 Å². The lowest BCUT2D eigenvalue weighted by atomic mass is 10.1. The summed E-state index contributed by atoms with van der Waals surface area (Å²) in [5.41, 5.74) is 2.34. The van der Waals surface area contributed by atoms with Crippen molar-refractivity contribution in [3.8, 4) is 0 Å². The van der Waals surface area contributed by atoms with E-state index in [2.05, 4.69) is 0 Å². The SMILES string of the molecule is Cc1ccc(CCC(=O)OCCO)cc1. The second-order valence-electron chi connectivity index (χ2n) is 3.43. The van der Waals surface area contributed by atoms with Gasteiger partial charge in [0, 0.05) is 6.42 Å². The highest BCUT2D eigenvalue weighted by molar-refractivity contribution is 5.69. The Morgan fingerprint density at radius 3 is 2.60 bits per heavy atom. The molecule has 0 amide bonds. The summed E-state index contributed by atoms with van der Waals surface area (Å²) in [7, 11) is 0. The second kappa shape index (κ2) is 6.19. The van der Waals surface area contributed by atoms with Gasteiger partial charge in [0.15, 0.2) is 0 Å². The van der Waals surface area contributed by atoms with Gasteiger partial charge < -0.3 is 9.84 Å². The predicted molar refractivity (Wildman–Crippen MR) is 57.5 cm³/mol. The Balaban J connectivity index is 2.30. The third-order valence-corrected chi connectivity index (χ3v) is 2.09. The topological polar surface area (TPSA) is 46.5 Å². The van der Waals surface area contributed by atoms with Crippen LogP contribution in [0.3, 0.4) is 0 Å². The molecule has 0 atom stereocenters. The van der Waals surface area contributed by atoms with Crippen LogP contribution in [0.5, 0.6) is 0 Å². The van der Waals surface area contributed by atoms with Gasteiger partial charge in [0.1, 0.15) is 6.61 Å². The summed E-state index contributed by atoms with van der Waals surface area (Å²) in [5, 5.41) is 8.45. The zero-order valence-corrected chi connectivity index (χ0v) is 8.90. The fraction of sp³-hybridized carbons (Fsp3) is 0.417. The Bertz CT molecular complexity index is 303. The standard InChI is InChI=1S/C12H16O3/c1-10-2-4-11(5-3-10)6-7-12(14)15-9-8-13/h2-5,13H,6-9H2,1H3. The van der Waals surface area contributed by atoms with Crippen LogP contribution in [0.2, 0.25) is 0 Å². The first-order valence-electron chi connectivity index (χ1n) is 5.04. The van der Waals surface area contributed by atoms with Crippen LogP contribution in [0.25, 0.3) is 0 Å². The molecule has 0 aliphatic carbocycles. The number of hydrogen-bond acceptors (Lipinski definition) is 3. The maximum Gasteiger partial charge on any atom is 0.306 e. The Kier molecular flexibility index (Phi) is 4.84. The van der Waals surface area contributed by atoms with Crippen molar-refractivity contribution in [1.82, 2.24) is 0 Å². The molecular weight excluding hydrogens is 192 g/mol. The lowest BCUT2D eigenvalue weighted by Crippen LogP contribution is -2.09. The molecule has 1 aromatic rings.